The van der Waals surface area contributed by atoms with Crippen molar-refractivity contribution in [3.8, 4) is 0 Å². The number of rotatable bonds is 4. The maximum atomic E-state index is 9.79. The first-order valence-corrected chi connectivity index (χ1v) is 7.07. The minimum absolute atomic E-state index is 0.740. The topological polar surface area (TPSA) is 29.4 Å². The molecule has 0 unspecified atom stereocenters. The van der Waals surface area contributed by atoms with Crippen molar-refractivity contribution in [2.45, 2.75) is 32.5 Å². The van der Waals surface area contributed by atoms with Crippen LogP contribution in [0.3, 0.4) is 0 Å². The lowest BCUT2D eigenvalue weighted by Crippen LogP contribution is -2.29. The first kappa shape index (κ1) is 9.60. The Hall–Kier alpha value is -0.403. The van der Waals surface area contributed by atoms with Gasteiger partial charge >= 0.3 is 0 Å². The van der Waals surface area contributed by atoms with Gasteiger partial charge in [-0.25, -0.2) is 9.79 Å². The zero-order valence-corrected chi connectivity index (χ0v) is 7.98. The third-order valence-electron chi connectivity index (χ3n) is 1.50. The van der Waals surface area contributed by atoms with Crippen molar-refractivity contribution >= 4 is 14.2 Å². The second kappa shape index (κ2) is 4.42. The predicted octanol–water partition coefficient (Wildman–Crippen LogP) is 1.98. The molecule has 10 heavy (non-hydrogen) atoms. The molecule has 0 radical (unpaired) electrons. The molecule has 0 rings (SSSR count). The molecule has 0 aromatic carbocycles. The molecular formula is C7H15NOSi. The summed E-state index contributed by atoms with van der Waals surface area (Å²) in [6.07, 6.45) is 3.53. The number of aliphatic imine (C=N–C) groups is 1. The summed E-state index contributed by atoms with van der Waals surface area (Å²) >= 11 is 0. The summed E-state index contributed by atoms with van der Waals surface area (Å²) < 4.78 is 0. The van der Waals surface area contributed by atoms with Crippen LogP contribution in [0.2, 0.25) is 19.1 Å². The Balaban J connectivity index is 3.73. The molecule has 0 atom stereocenters. The predicted molar refractivity (Wildman–Crippen MR) is 45.6 cm³/mol. The van der Waals surface area contributed by atoms with E-state index in [4.69, 9.17) is 0 Å². The van der Waals surface area contributed by atoms with Crippen LogP contribution < -0.4 is 0 Å². The fourth-order valence-corrected chi connectivity index (χ4v) is 3.01. The molecule has 0 aliphatic heterocycles. The van der Waals surface area contributed by atoms with E-state index in [9.17, 15) is 4.79 Å². The number of hydrogen-bond donors (Lipinski definition) is 0. The molecule has 0 amide bonds. The number of nitrogens with zero attached hydrogens (tertiary/aromatic N) is 1. The molecule has 3 heteroatoms. The van der Waals surface area contributed by atoms with Gasteiger partial charge in [0.05, 0.1) is 8.07 Å². The lowest BCUT2D eigenvalue weighted by molar-refractivity contribution is 0.564. The molecule has 0 aliphatic rings. The average Bonchev–Trinajstić information content (AvgIpc) is 1.84. The fourth-order valence-electron chi connectivity index (χ4n) is 1.00. The summed E-state index contributed by atoms with van der Waals surface area (Å²) in [7, 11) is -1.15. The van der Waals surface area contributed by atoms with E-state index in [-0.39, 0.29) is 0 Å². The zero-order chi connectivity index (χ0) is 8.04. The van der Waals surface area contributed by atoms with Gasteiger partial charge in [0.1, 0.15) is 0 Å². The molecule has 0 aromatic rings. The van der Waals surface area contributed by atoms with Crippen LogP contribution in [0.4, 0.5) is 0 Å². The normalized spacial score (nSPS) is 10.7. The van der Waals surface area contributed by atoms with Gasteiger partial charge in [-0.2, -0.15) is 0 Å². The first-order chi connectivity index (χ1) is 4.62. The van der Waals surface area contributed by atoms with Crippen LogP contribution in [0.1, 0.15) is 13.3 Å². The van der Waals surface area contributed by atoms with Gasteiger partial charge in [0, 0.05) is 6.17 Å². The van der Waals surface area contributed by atoms with E-state index in [0.717, 1.165) is 6.17 Å². The summed E-state index contributed by atoms with van der Waals surface area (Å²) in [5.74, 6) is 0. The number of isocyanates is 1. The molecule has 0 heterocycles. The van der Waals surface area contributed by atoms with Crippen molar-refractivity contribution in [3.63, 3.8) is 0 Å². The zero-order valence-electron chi connectivity index (χ0n) is 6.98. The molecule has 0 saturated heterocycles. The van der Waals surface area contributed by atoms with Crippen LogP contribution in [-0.4, -0.2) is 20.3 Å². The quantitative estimate of drug-likeness (QED) is 0.348. The molecule has 0 aliphatic carbocycles. The smallest absolute Gasteiger partial charge is 0.211 e. The third kappa shape index (κ3) is 4.47. The lowest BCUT2D eigenvalue weighted by atomic mass is 10.6. The Kier molecular flexibility index (Phi) is 4.24. The van der Waals surface area contributed by atoms with Crippen molar-refractivity contribution in [1.82, 2.24) is 0 Å². The van der Waals surface area contributed by atoms with E-state index in [1.54, 1.807) is 6.08 Å². The monoisotopic (exact) mass is 157 g/mol. The summed E-state index contributed by atoms with van der Waals surface area (Å²) in [5, 5.41) is 0. The van der Waals surface area contributed by atoms with Crippen LogP contribution in [0, 0.1) is 0 Å². The Bertz CT molecular complexity index is 139. The van der Waals surface area contributed by atoms with Crippen molar-refractivity contribution in [2.75, 3.05) is 6.17 Å². The molecule has 0 N–H and O–H groups in total. The Labute approximate surface area is 63.4 Å². The Morgan fingerprint density at radius 2 is 2.10 bits per heavy atom. The SMILES string of the molecule is CCC[Si](C)(C)CN=C=O. The van der Waals surface area contributed by atoms with Crippen molar-refractivity contribution < 1.29 is 4.79 Å². The van der Waals surface area contributed by atoms with Crippen molar-refractivity contribution in [3.05, 3.63) is 0 Å². The summed E-state index contributed by atoms with van der Waals surface area (Å²) in [6, 6.07) is 1.25. The summed E-state index contributed by atoms with van der Waals surface area (Å²) in [4.78, 5) is 13.4. The maximum Gasteiger partial charge on any atom is 0.234 e. The molecule has 0 spiro atoms. The van der Waals surface area contributed by atoms with E-state index in [0.29, 0.717) is 0 Å². The van der Waals surface area contributed by atoms with E-state index >= 15 is 0 Å². The van der Waals surface area contributed by atoms with Gasteiger partial charge in [-0.15, -0.1) is 0 Å². The van der Waals surface area contributed by atoms with Crippen LogP contribution in [0.15, 0.2) is 4.99 Å². The fraction of sp³-hybridized carbons (Fsp3) is 0.857. The van der Waals surface area contributed by atoms with Crippen LogP contribution in [-0.2, 0) is 4.79 Å². The Morgan fingerprint density at radius 3 is 2.50 bits per heavy atom. The van der Waals surface area contributed by atoms with Gasteiger partial charge in [-0.05, 0) is 0 Å². The highest BCUT2D eigenvalue weighted by Crippen LogP contribution is 2.11. The third-order valence-corrected chi connectivity index (χ3v) is 4.37. The van der Waals surface area contributed by atoms with E-state index in [1.807, 2.05) is 0 Å². The van der Waals surface area contributed by atoms with Gasteiger partial charge in [0.15, 0.2) is 0 Å². The average molecular weight is 157 g/mol. The Morgan fingerprint density at radius 1 is 1.50 bits per heavy atom. The number of carbonyl (C=O) groups excluding carboxylic acids is 1. The van der Waals surface area contributed by atoms with E-state index < -0.39 is 8.07 Å². The van der Waals surface area contributed by atoms with Crippen LogP contribution >= 0.6 is 0 Å². The molecule has 0 fully saturated rings. The van der Waals surface area contributed by atoms with E-state index in [1.165, 1.54) is 12.5 Å². The van der Waals surface area contributed by atoms with Crippen molar-refractivity contribution in [1.29, 1.82) is 0 Å². The van der Waals surface area contributed by atoms with Gasteiger partial charge in [-0.3, -0.25) is 0 Å². The minimum Gasteiger partial charge on any atom is -0.211 e. The highest BCUT2D eigenvalue weighted by molar-refractivity contribution is 6.77. The molecule has 0 saturated carbocycles. The van der Waals surface area contributed by atoms with Gasteiger partial charge in [0.2, 0.25) is 6.08 Å². The standard InChI is InChI=1S/C7H15NOSi/c1-4-5-10(2,3)7-8-6-9/h4-5,7H2,1-3H3. The second-order valence-corrected chi connectivity index (χ2v) is 8.47. The number of hydrogen-bond acceptors (Lipinski definition) is 2. The molecule has 58 valence electrons. The van der Waals surface area contributed by atoms with Gasteiger partial charge < -0.3 is 0 Å². The second-order valence-electron chi connectivity index (χ2n) is 3.32. The van der Waals surface area contributed by atoms with Crippen LogP contribution in [0.25, 0.3) is 0 Å². The molecular weight excluding hydrogens is 142 g/mol. The van der Waals surface area contributed by atoms with E-state index in [2.05, 4.69) is 25.0 Å². The largest absolute Gasteiger partial charge is 0.234 e. The van der Waals surface area contributed by atoms with Crippen LogP contribution in [0.5, 0.6) is 0 Å². The first-order valence-electron chi connectivity index (χ1n) is 3.66. The minimum atomic E-state index is -1.15. The highest BCUT2D eigenvalue weighted by atomic mass is 28.3. The van der Waals surface area contributed by atoms with Gasteiger partial charge in [0.25, 0.3) is 0 Å². The lowest BCUT2D eigenvalue weighted by Gasteiger charge is -2.16. The highest BCUT2D eigenvalue weighted by Gasteiger charge is 2.18. The maximum absolute atomic E-state index is 9.79. The summed E-state index contributed by atoms with van der Waals surface area (Å²) in [5.41, 5.74) is 0. The molecule has 0 aromatic heterocycles. The summed E-state index contributed by atoms with van der Waals surface area (Å²) in [6.45, 7) is 6.66. The van der Waals surface area contributed by atoms with Crippen molar-refractivity contribution in [2.24, 2.45) is 4.99 Å². The molecule has 2 nitrogen and oxygen atoms in total. The molecule has 0 bridgehead atoms. The van der Waals surface area contributed by atoms with Gasteiger partial charge in [-0.1, -0.05) is 32.5 Å².